The Morgan fingerprint density at radius 2 is 1.81 bits per heavy atom. The monoisotopic (exact) mass is 420 g/mol. The first-order chi connectivity index (χ1) is 15.2. The van der Waals surface area contributed by atoms with E-state index in [1.165, 1.54) is 12.8 Å². The number of anilines is 1. The maximum atomic E-state index is 12.9. The van der Waals surface area contributed by atoms with Crippen molar-refractivity contribution in [2.24, 2.45) is 0 Å². The Hall–Kier alpha value is -3.42. The standard InChI is InChI=1S/C23H28N6O2/c1-2-3-4-16-31-20-8-6-19(7-9-20)23(30)28-14-12-27(13-15-28)21-17-22(25-18-24-21)29-11-5-10-26-29/h5-11,17-18H,2-4,12-16H2,1H3. The lowest BCUT2D eigenvalue weighted by atomic mass is 10.1. The van der Waals surface area contributed by atoms with E-state index in [-0.39, 0.29) is 5.91 Å². The molecule has 2 aromatic heterocycles. The van der Waals surface area contributed by atoms with E-state index in [2.05, 4.69) is 26.9 Å². The van der Waals surface area contributed by atoms with E-state index in [0.29, 0.717) is 25.3 Å². The van der Waals surface area contributed by atoms with Crippen LogP contribution in [0.2, 0.25) is 0 Å². The van der Waals surface area contributed by atoms with Crippen LogP contribution in [0.1, 0.15) is 36.5 Å². The van der Waals surface area contributed by atoms with E-state index < -0.39 is 0 Å². The summed E-state index contributed by atoms with van der Waals surface area (Å²) in [5.41, 5.74) is 0.692. The normalized spacial score (nSPS) is 14.0. The molecule has 4 rings (SSSR count). The molecule has 0 atom stereocenters. The van der Waals surface area contributed by atoms with Gasteiger partial charge in [0.05, 0.1) is 6.61 Å². The number of nitrogens with zero attached hydrogens (tertiary/aromatic N) is 6. The van der Waals surface area contributed by atoms with Crippen LogP contribution in [0, 0.1) is 0 Å². The molecule has 1 amide bonds. The van der Waals surface area contributed by atoms with Crippen LogP contribution in [-0.4, -0.2) is 63.3 Å². The number of amides is 1. The van der Waals surface area contributed by atoms with Crippen molar-refractivity contribution in [3.63, 3.8) is 0 Å². The van der Waals surface area contributed by atoms with E-state index in [1.807, 2.05) is 47.5 Å². The number of hydrogen-bond donors (Lipinski definition) is 0. The third-order valence-electron chi connectivity index (χ3n) is 5.39. The fourth-order valence-corrected chi connectivity index (χ4v) is 3.60. The van der Waals surface area contributed by atoms with Crippen molar-refractivity contribution in [1.29, 1.82) is 0 Å². The molecule has 1 aromatic carbocycles. The summed E-state index contributed by atoms with van der Waals surface area (Å²) in [6.45, 7) is 5.63. The van der Waals surface area contributed by atoms with Gasteiger partial charge in [0.2, 0.25) is 0 Å². The van der Waals surface area contributed by atoms with Gasteiger partial charge >= 0.3 is 0 Å². The highest BCUT2D eigenvalue weighted by Gasteiger charge is 2.23. The summed E-state index contributed by atoms with van der Waals surface area (Å²) in [7, 11) is 0. The summed E-state index contributed by atoms with van der Waals surface area (Å²) in [5.74, 6) is 2.44. The lowest BCUT2D eigenvalue weighted by Gasteiger charge is -2.35. The number of unbranched alkanes of at least 4 members (excludes halogenated alkanes) is 2. The molecule has 0 aliphatic carbocycles. The molecule has 3 aromatic rings. The number of aromatic nitrogens is 4. The summed E-state index contributed by atoms with van der Waals surface area (Å²) in [4.78, 5) is 25.6. The topological polar surface area (TPSA) is 76.4 Å². The predicted octanol–water partition coefficient (Wildman–Crippen LogP) is 3.19. The van der Waals surface area contributed by atoms with Gasteiger partial charge in [-0.05, 0) is 36.8 Å². The maximum absolute atomic E-state index is 12.9. The van der Waals surface area contributed by atoms with E-state index in [0.717, 1.165) is 36.9 Å². The number of carbonyl (C=O) groups excluding carboxylic acids is 1. The van der Waals surface area contributed by atoms with Gasteiger partial charge in [-0.3, -0.25) is 4.79 Å². The molecule has 3 heterocycles. The molecule has 0 saturated carbocycles. The van der Waals surface area contributed by atoms with Crippen LogP contribution >= 0.6 is 0 Å². The first-order valence-corrected chi connectivity index (χ1v) is 10.8. The van der Waals surface area contributed by atoms with E-state index in [9.17, 15) is 4.79 Å². The van der Waals surface area contributed by atoms with Gasteiger partial charge in [0, 0.05) is 50.2 Å². The number of benzene rings is 1. The number of carbonyl (C=O) groups is 1. The van der Waals surface area contributed by atoms with Crippen LogP contribution in [0.5, 0.6) is 5.75 Å². The SMILES string of the molecule is CCCCCOc1ccc(C(=O)N2CCN(c3cc(-n4cccn4)ncn3)CC2)cc1. The molecule has 8 nitrogen and oxygen atoms in total. The zero-order chi connectivity index (χ0) is 21.5. The average Bonchev–Trinajstić information content (AvgIpc) is 3.37. The van der Waals surface area contributed by atoms with Crippen molar-refractivity contribution in [3.8, 4) is 11.6 Å². The van der Waals surface area contributed by atoms with Gasteiger partial charge in [0.15, 0.2) is 5.82 Å². The molecular formula is C23H28N6O2. The van der Waals surface area contributed by atoms with Crippen molar-refractivity contribution in [2.45, 2.75) is 26.2 Å². The molecule has 1 aliphatic rings. The van der Waals surface area contributed by atoms with Gasteiger partial charge in [-0.2, -0.15) is 5.10 Å². The largest absolute Gasteiger partial charge is 0.494 e. The number of hydrogen-bond acceptors (Lipinski definition) is 6. The highest BCUT2D eigenvalue weighted by Crippen LogP contribution is 2.18. The van der Waals surface area contributed by atoms with Gasteiger partial charge in [-0.15, -0.1) is 0 Å². The van der Waals surface area contributed by atoms with Crippen LogP contribution in [0.3, 0.4) is 0 Å². The van der Waals surface area contributed by atoms with Gasteiger partial charge < -0.3 is 14.5 Å². The fourth-order valence-electron chi connectivity index (χ4n) is 3.60. The van der Waals surface area contributed by atoms with Crippen LogP contribution < -0.4 is 9.64 Å². The molecule has 0 radical (unpaired) electrons. The summed E-state index contributed by atoms with van der Waals surface area (Å²) >= 11 is 0. The molecule has 8 heteroatoms. The Balaban J connectivity index is 1.31. The van der Waals surface area contributed by atoms with Gasteiger partial charge in [-0.1, -0.05) is 19.8 Å². The second-order valence-corrected chi connectivity index (χ2v) is 7.54. The van der Waals surface area contributed by atoms with Crippen molar-refractivity contribution in [2.75, 3.05) is 37.7 Å². The smallest absolute Gasteiger partial charge is 0.253 e. The molecule has 0 bridgehead atoms. The number of ether oxygens (including phenoxy) is 1. The Labute approximate surface area is 182 Å². The molecule has 1 aliphatic heterocycles. The van der Waals surface area contributed by atoms with Crippen LogP contribution in [0.15, 0.2) is 55.1 Å². The molecular weight excluding hydrogens is 392 g/mol. The molecule has 31 heavy (non-hydrogen) atoms. The number of piperazine rings is 1. The molecule has 0 spiro atoms. The minimum Gasteiger partial charge on any atom is -0.494 e. The molecule has 0 unspecified atom stereocenters. The average molecular weight is 421 g/mol. The Bertz CT molecular complexity index is 966. The fraction of sp³-hybridized carbons (Fsp3) is 0.391. The highest BCUT2D eigenvalue weighted by molar-refractivity contribution is 5.94. The summed E-state index contributed by atoms with van der Waals surface area (Å²) in [6.07, 6.45) is 8.52. The lowest BCUT2D eigenvalue weighted by Crippen LogP contribution is -2.49. The van der Waals surface area contributed by atoms with Crippen molar-refractivity contribution < 1.29 is 9.53 Å². The third-order valence-corrected chi connectivity index (χ3v) is 5.39. The van der Waals surface area contributed by atoms with Crippen molar-refractivity contribution in [1.82, 2.24) is 24.6 Å². The third kappa shape index (κ3) is 5.20. The van der Waals surface area contributed by atoms with Crippen LogP contribution in [-0.2, 0) is 0 Å². The van der Waals surface area contributed by atoms with Crippen molar-refractivity contribution in [3.05, 3.63) is 60.7 Å². The minimum absolute atomic E-state index is 0.0529. The zero-order valence-corrected chi connectivity index (χ0v) is 17.9. The molecule has 1 fully saturated rings. The highest BCUT2D eigenvalue weighted by atomic mass is 16.5. The van der Waals surface area contributed by atoms with Crippen LogP contribution in [0.25, 0.3) is 5.82 Å². The predicted molar refractivity (Wildman–Crippen MR) is 119 cm³/mol. The minimum atomic E-state index is 0.0529. The summed E-state index contributed by atoms with van der Waals surface area (Å²) < 4.78 is 7.45. The van der Waals surface area contributed by atoms with Gasteiger partial charge in [0.25, 0.3) is 5.91 Å². The van der Waals surface area contributed by atoms with Crippen LogP contribution in [0.4, 0.5) is 5.82 Å². The van der Waals surface area contributed by atoms with E-state index in [4.69, 9.17) is 4.74 Å². The second kappa shape index (κ2) is 10.1. The Kier molecular flexibility index (Phi) is 6.76. The summed E-state index contributed by atoms with van der Waals surface area (Å²) in [5, 5.41) is 4.22. The Morgan fingerprint density at radius 1 is 1.03 bits per heavy atom. The lowest BCUT2D eigenvalue weighted by molar-refractivity contribution is 0.0746. The van der Waals surface area contributed by atoms with Gasteiger partial charge in [-0.25, -0.2) is 14.6 Å². The van der Waals surface area contributed by atoms with Gasteiger partial charge in [0.1, 0.15) is 17.9 Å². The maximum Gasteiger partial charge on any atom is 0.253 e. The first kappa shape index (κ1) is 20.8. The Morgan fingerprint density at radius 3 is 2.52 bits per heavy atom. The number of rotatable bonds is 8. The second-order valence-electron chi connectivity index (χ2n) is 7.54. The first-order valence-electron chi connectivity index (χ1n) is 10.8. The molecule has 1 saturated heterocycles. The van der Waals surface area contributed by atoms with E-state index >= 15 is 0 Å². The van der Waals surface area contributed by atoms with Crippen molar-refractivity contribution >= 4 is 11.7 Å². The zero-order valence-electron chi connectivity index (χ0n) is 17.9. The molecule has 162 valence electrons. The molecule has 0 N–H and O–H groups in total. The summed E-state index contributed by atoms with van der Waals surface area (Å²) in [6, 6.07) is 11.2. The van der Waals surface area contributed by atoms with E-state index in [1.54, 1.807) is 17.2 Å². The quantitative estimate of drug-likeness (QED) is 0.521.